The van der Waals surface area contributed by atoms with Crippen LogP contribution in [0.1, 0.15) is 11.5 Å². The third-order valence-electron chi connectivity index (χ3n) is 0.904. The Morgan fingerprint density at radius 1 is 1.80 bits per heavy atom. The van der Waals surface area contributed by atoms with E-state index in [0.717, 1.165) is 0 Å². The van der Waals surface area contributed by atoms with Gasteiger partial charge in [0.15, 0.2) is 5.76 Å². The van der Waals surface area contributed by atoms with Gasteiger partial charge in [0.2, 0.25) is 0 Å². The molecular weight excluding hydrogens is 132 g/mol. The first kappa shape index (κ1) is 6.18. The van der Waals surface area contributed by atoms with Crippen molar-refractivity contribution in [2.75, 3.05) is 0 Å². The molecule has 0 radical (unpaired) electrons. The molecule has 0 aliphatic rings. The van der Waals surface area contributed by atoms with Crippen molar-refractivity contribution < 1.29 is 9.43 Å². The van der Waals surface area contributed by atoms with Crippen molar-refractivity contribution in [3.63, 3.8) is 0 Å². The number of nitrogens with zero attached hydrogens (tertiary/aromatic N) is 2. The molecule has 0 aliphatic heterocycles. The van der Waals surface area contributed by atoms with Gasteiger partial charge in [0, 0.05) is 5.92 Å². The maximum absolute atomic E-state index is 10.5. The maximum atomic E-state index is 10.5. The van der Waals surface area contributed by atoms with Crippen molar-refractivity contribution in [1.82, 2.24) is 0 Å². The van der Waals surface area contributed by atoms with Gasteiger partial charge < -0.3 is 4.52 Å². The topological polar surface area (TPSA) is 63.9 Å². The van der Waals surface area contributed by atoms with Gasteiger partial charge in [0.05, 0.1) is 11.0 Å². The van der Waals surface area contributed by atoms with Gasteiger partial charge in [-0.05, 0) is 0 Å². The standard InChI is InChI=1S/C6H2N2O2/c1-2-5-3-6(4-7)10-8(5)9/h1,3H. The Kier molecular flexibility index (Phi) is 1.31. The van der Waals surface area contributed by atoms with E-state index in [0.29, 0.717) is 0 Å². The van der Waals surface area contributed by atoms with Gasteiger partial charge in [-0.1, -0.05) is 0 Å². The molecule has 4 heteroatoms. The van der Waals surface area contributed by atoms with Gasteiger partial charge in [-0.15, -0.1) is 6.42 Å². The highest BCUT2D eigenvalue weighted by atomic mass is 16.7. The van der Waals surface area contributed by atoms with Gasteiger partial charge in [0.25, 0.3) is 0 Å². The van der Waals surface area contributed by atoms with Crippen LogP contribution in [0.15, 0.2) is 10.6 Å². The van der Waals surface area contributed by atoms with Crippen molar-refractivity contribution in [1.29, 1.82) is 5.26 Å². The molecule has 1 aromatic heterocycles. The van der Waals surface area contributed by atoms with Crippen molar-refractivity contribution in [2.24, 2.45) is 0 Å². The van der Waals surface area contributed by atoms with E-state index in [1.165, 1.54) is 6.07 Å². The van der Waals surface area contributed by atoms with Crippen molar-refractivity contribution in [2.45, 2.75) is 0 Å². The largest absolute Gasteiger partial charge is 0.355 e. The monoisotopic (exact) mass is 134 g/mol. The Balaban J connectivity index is 3.23. The van der Waals surface area contributed by atoms with E-state index in [9.17, 15) is 5.21 Å². The van der Waals surface area contributed by atoms with Crippen LogP contribution < -0.4 is 4.90 Å². The Bertz CT molecular complexity index is 326. The predicted octanol–water partition coefficient (Wildman–Crippen LogP) is -0.234. The quantitative estimate of drug-likeness (QED) is 0.363. The number of terminal acetylenes is 1. The van der Waals surface area contributed by atoms with Crippen LogP contribution in [0.25, 0.3) is 0 Å². The summed E-state index contributed by atoms with van der Waals surface area (Å²) >= 11 is 0. The Morgan fingerprint density at radius 3 is 2.80 bits per heavy atom. The van der Waals surface area contributed by atoms with Crippen molar-refractivity contribution in [3.05, 3.63) is 22.7 Å². The SMILES string of the molecule is C#Cc1cc(C#N)o[n+]1[O-]. The molecule has 0 aliphatic carbocycles. The number of aromatic nitrogens is 1. The van der Waals surface area contributed by atoms with Crippen LogP contribution in [0.4, 0.5) is 0 Å². The lowest BCUT2D eigenvalue weighted by atomic mass is 10.4. The molecule has 0 saturated carbocycles. The Morgan fingerprint density at radius 2 is 2.50 bits per heavy atom. The maximum Gasteiger partial charge on any atom is 0.320 e. The second-order valence-corrected chi connectivity index (χ2v) is 1.50. The first-order valence-corrected chi connectivity index (χ1v) is 2.38. The summed E-state index contributed by atoms with van der Waals surface area (Å²) < 4.78 is 4.31. The lowest BCUT2D eigenvalue weighted by molar-refractivity contribution is -0.794. The minimum absolute atomic E-state index is 0.0107. The van der Waals surface area contributed by atoms with Crippen LogP contribution in [0.3, 0.4) is 0 Å². The summed E-state index contributed by atoms with van der Waals surface area (Å²) in [5.41, 5.74) is 0.0107. The molecule has 0 saturated heterocycles. The molecule has 0 N–H and O–H groups in total. The lowest BCUT2D eigenvalue weighted by Gasteiger charge is -1.77. The van der Waals surface area contributed by atoms with Gasteiger partial charge in [-0.25, -0.2) is 0 Å². The molecule has 0 amide bonds. The molecule has 4 nitrogen and oxygen atoms in total. The predicted molar refractivity (Wildman–Crippen MR) is 30.3 cm³/mol. The van der Waals surface area contributed by atoms with Gasteiger partial charge in [0.1, 0.15) is 6.07 Å². The zero-order valence-electron chi connectivity index (χ0n) is 4.87. The highest BCUT2D eigenvalue weighted by Gasteiger charge is 2.07. The van der Waals surface area contributed by atoms with Crippen LogP contribution in [0.5, 0.6) is 0 Å². The third-order valence-corrected chi connectivity index (χ3v) is 0.904. The summed E-state index contributed by atoms with van der Waals surface area (Å²) in [6.07, 6.45) is 4.88. The highest BCUT2D eigenvalue weighted by molar-refractivity contribution is 5.25. The van der Waals surface area contributed by atoms with Gasteiger partial charge >= 0.3 is 5.69 Å². The van der Waals surface area contributed by atoms with E-state index in [-0.39, 0.29) is 16.4 Å². The molecule has 1 rings (SSSR count). The third kappa shape index (κ3) is 0.785. The Hall–Kier alpha value is -1.94. The zero-order chi connectivity index (χ0) is 7.56. The average molecular weight is 134 g/mol. The molecule has 1 aromatic rings. The summed E-state index contributed by atoms with van der Waals surface area (Å²) in [6, 6.07) is 2.84. The summed E-state index contributed by atoms with van der Waals surface area (Å²) in [5.74, 6) is 1.97. The van der Waals surface area contributed by atoms with E-state index < -0.39 is 0 Å². The fourth-order valence-corrected chi connectivity index (χ4v) is 0.489. The summed E-state index contributed by atoms with van der Waals surface area (Å²) in [6.45, 7) is 0. The number of hydrogen-bond acceptors (Lipinski definition) is 3. The first-order chi connectivity index (χ1) is 4.77. The molecule has 0 aromatic carbocycles. The average Bonchev–Trinajstić information content (AvgIpc) is 2.30. The number of nitriles is 1. The van der Waals surface area contributed by atoms with Crippen LogP contribution in [-0.2, 0) is 0 Å². The van der Waals surface area contributed by atoms with E-state index in [1.807, 2.05) is 0 Å². The normalized spacial score (nSPS) is 8.20. The summed E-state index contributed by atoms with van der Waals surface area (Å²) in [5, 5.41) is 18.7. The first-order valence-electron chi connectivity index (χ1n) is 2.38. The molecule has 0 atom stereocenters. The zero-order valence-corrected chi connectivity index (χ0v) is 4.87. The van der Waals surface area contributed by atoms with Crippen LogP contribution >= 0.6 is 0 Å². The molecule has 0 fully saturated rings. The second-order valence-electron chi connectivity index (χ2n) is 1.50. The number of hydrogen-bond donors (Lipinski definition) is 0. The Labute approximate surface area is 56.8 Å². The fourth-order valence-electron chi connectivity index (χ4n) is 0.489. The second kappa shape index (κ2) is 2.12. The van der Waals surface area contributed by atoms with Crippen LogP contribution in [0.2, 0.25) is 0 Å². The van der Waals surface area contributed by atoms with Gasteiger partial charge in [-0.2, -0.15) is 5.26 Å². The molecule has 1 heterocycles. The van der Waals surface area contributed by atoms with Crippen LogP contribution in [0, 0.1) is 28.9 Å². The minimum Gasteiger partial charge on any atom is -0.355 e. The fraction of sp³-hybridized carbons (Fsp3) is 0. The lowest BCUT2D eigenvalue weighted by Crippen LogP contribution is -2.25. The summed E-state index contributed by atoms with van der Waals surface area (Å²) in [7, 11) is 0. The molecule has 0 unspecified atom stereocenters. The van der Waals surface area contributed by atoms with Crippen molar-refractivity contribution in [3.8, 4) is 18.4 Å². The van der Waals surface area contributed by atoms with E-state index >= 15 is 0 Å². The highest BCUT2D eigenvalue weighted by Crippen LogP contribution is 1.96. The van der Waals surface area contributed by atoms with E-state index in [2.05, 4.69) is 10.4 Å². The summed E-state index contributed by atoms with van der Waals surface area (Å²) in [4.78, 5) is 0.124. The van der Waals surface area contributed by atoms with Gasteiger partial charge in [-0.3, -0.25) is 5.21 Å². The molecule has 0 bridgehead atoms. The molecule has 48 valence electrons. The van der Waals surface area contributed by atoms with E-state index in [4.69, 9.17) is 11.7 Å². The molecular formula is C6H2N2O2. The van der Waals surface area contributed by atoms with Crippen molar-refractivity contribution >= 4 is 0 Å². The van der Waals surface area contributed by atoms with E-state index in [1.54, 1.807) is 6.07 Å². The molecule has 10 heavy (non-hydrogen) atoms. The minimum atomic E-state index is -0.0806. The van der Waals surface area contributed by atoms with Crippen LogP contribution in [-0.4, -0.2) is 0 Å². The smallest absolute Gasteiger partial charge is 0.320 e. The number of rotatable bonds is 0. The molecule has 0 spiro atoms.